The molecular formula is C16H20N6OS. The molecule has 0 aliphatic carbocycles. The van der Waals surface area contributed by atoms with Gasteiger partial charge < -0.3 is 4.52 Å². The van der Waals surface area contributed by atoms with Crippen LogP contribution in [0, 0.1) is 13.8 Å². The Balaban J connectivity index is 1.76. The van der Waals surface area contributed by atoms with E-state index in [1.165, 1.54) is 22.9 Å². The van der Waals surface area contributed by atoms with Gasteiger partial charge >= 0.3 is 0 Å². The van der Waals surface area contributed by atoms with E-state index in [0.29, 0.717) is 22.6 Å². The van der Waals surface area contributed by atoms with Crippen molar-refractivity contribution in [2.75, 3.05) is 0 Å². The first-order valence-corrected chi connectivity index (χ1v) is 8.65. The lowest BCUT2D eigenvalue weighted by Crippen LogP contribution is -2.13. The van der Waals surface area contributed by atoms with Crippen LogP contribution in [0.1, 0.15) is 43.6 Å². The van der Waals surface area contributed by atoms with E-state index in [1.54, 1.807) is 4.68 Å². The van der Waals surface area contributed by atoms with Crippen LogP contribution in [0.5, 0.6) is 0 Å². The lowest BCUT2D eigenvalue weighted by atomic mass is 9.96. The van der Waals surface area contributed by atoms with Crippen LogP contribution in [0.3, 0.4) is 0 Å². The minimum absolute atomic E-state index is 0.132. The van der Waals surface area contributed by atoms with Gasteiger partial charge in [0, 0.05) is 5.41 Å². The lowest BCUT2D eigenvalue weighted by Gasteiger charge is -2.10. The minimum Gasteiger partial charge on any atom is -0.338 e. The van der Waals surface area contributed by atoms with Crippen molar-refractivity contribution >= 4 is 11.8 Å². The zero-order valence-electron chi connectivity index (χ0n) is 14.4. The highest BCUT2D eigenvalue weighted by molar-refractivity contribution is 7.98. The summed E-state index contributed by atoms with van der Waals surface area (Å²) in [5.41, 5.74) is 3.24. The third-order valence-electron chi connectivity index (χ3n) is 3.64. The van der Waals surface area contributed by atoms with E-state index < -0.39 is 0 Å². The molecule has 126 valence electrons. The van der Waals surface area contributed by atoms with Crippen molar-refractivity contribution in [1.82, 2.24) is 30.3 Å². The number of hydrogen-bond donors (Lipinski definition) is 0. The van der Waals surface area contributed by atoms with Gasteiger partial charge in [0.2, 0.25) is 11.0 Å². The van der Waals surface area contributed by atoms with Gasteiger partial charge in [0.15, 0.2) is 5.82 Å². The summed E-state index contributed by atoms with van der Waals surface area (Å²) in [6, 6.07) is 6.14. The summed E-state index contributed by atoms with van der Waals surface area (Å²) in [5, 5.41) is 16.7. The smallest absolute Gasteiger partial charge is 0.237 e. The van der Waals surface area contributed by atoms with Crippen LogP contribution in [0.2, 0.25) is 0 Å². The van der Waals surface area contributed by atoms with Crippen LogP contribution in [-0.4, -0.2) is 30.3 Å². The van der Waals surface area contributed by atoms with Gasteiger partial charge in [-0.1, -0.05) is 43.8 Å². The van der Waals surface area contributed by atoms with E-state index in [-0.39, 0.29) is 5.41 Å². The summed E-state index contributed by atoms with van der Waals surface area (Å²) in [6.45, 7) is 10.3. The number of aromatic nitrogens is 6. The maximum Gasteiger partial charge on any atom is 0.237 e. The van der Waals surface area contributed by atoms with Crippen molar-refractivity contribution in [2.24, 2.45) is 0 Å². The number of tetrazole rings is 1. The Morgan fingerprint density at radius 3 is 2.62 bits per heavy atom. The van der Waals surface area contributed by atoms with Crippen molar-refractivity contribution in [3.8, 4) is 5.69 Å². The topological polar surface area (TPSA) is 82.5 Å². The second kappa shape index (κ2) is 6.35. The molecule has 3 rings (SSSR count). The number of hydrogen-bond acceptors (Lipinski definition) is 7. The Labute approximate surface area is 144 Å². The largest absolute Gasteiger partial charge is 0.338 e. The van der Waals surface area contributed by atoms with Gasteiger partial charge in [-0.05, 0) is 47.5 Å². The van der Waals surface area contributed by atoms with Gasteiger partial charge in [0.05, 0.1) is 11.4 Å². The van der Waals surface area contributed by atoms with E-state index in [0.717, 1.165) is 5.69 Å². The van der Waals surface area contributed by atoms with E-state index in [1.807, 2.05) is 6.07 Å². The molecule has 2 heterocycles. The highest BCUT2D eigenvalue weighted by Gasteiger charge is 2.21. The lowest BCUT2D eigenvalue weighted by molar-refractivity contribution is 0.372. The highest BCUT2D eigenvalue weighted by Crippen LogP contribution is 2.24. The minimum atomic E-state index is -0.132. The van der Waals surface area contributed by atoms with E-state index in [4.69, 9.17) is 4.52 Å². The molecule has 1 aromatic carbocycles. The van der Waals surface area contributed by atoms with Crippen molar-refractivity contribution in [3.63, 3.8) is 0 Å². The van der Waals surface area contributed by atoms with Gasteiger partial charge in [0.1, 0.15) is 0 Å². The number of benzene rings is 1. The fourth-order valence-electron chi connectivity index (χ4n) is 2.03. The van der Waals surface area contributed by atoms with Crippen LogP contribution in [0.4, 0.5) is 0 Å². The van der Waals surface area contributed by atoms with E-state index in [9.17, 15) is 0 Å². The summed E-state index contributed by atoms with van der Waals surface area (Å²) >= 11 is 1.47. The molecule has 0 amide bonds. The third kappa shape index (κ3) is 3.48. The zero-order chi connectivity index (χ0) is 17.3. The molecule has 0 spiro atoms. The van der Waals surface area contributed by atoms with E-state index >= 15 is 0 Å². The van der Waals surface area contributed by atoms with Crippen LogP contribution >= 0.6 is 11.8 Å². The maximum absolute atomic E-state index is 5.31. The molecule has 2 aromatic heterocycles. The molecule has 3 aromatic rings. The van der Waals surface area contributed by atoms with Gasteiger partial charge in [-0.25, -0.2) is 0 Å². The zero-order valence-corrected chi connectivity index (χ0v) is 15.3. The van der Waals surface area contributed by atoms with E-state index in [2.05, 4.69) is 72.4 Å². The average Bonchev–Trinajstić information content (AvgIpc) is 3.16. The molecule has 0 N–H and O–H groups in total. The molecule has 0 radical (unpaired) electrons. The Morgan fingerprint density at radius 1 is 1.17 bits per heavy atom. The molecule has 24 heavy (non-hydrogen) atoms. The molecule has 0 unspecified atom stereocenters. The number of thioether (sulfide) groups is 1. The molecular weight excluding hydrogens is 324 g/mol. The molecule has 0 atom stereocenters. The van der Waals surface area contributed by atoms with Gasteiger partial charge in [0.25, 0.3) is 0 Å². The summed E-state index contributed by atoms with van der Waals surface area (Å²) in [4.78, 5) is 4.43. The summed E-state index contributed by atoms with van der Waals surface area (Å²) in [7, 11) is 0. The Morgan fingerprint density at radius 2 is 1.96 bits per heavy atom. The first kappa shape index (κ1) is 16.6. The second-order valence-electron chi connectivity index (χ2n) is 6.69. The first-order valence-electron chi connectivity index (χ1n) is 7.66. The van der Waals surface area contributed by atoms with Crippen LogP contribution in [0.25, 0.3) is 5.69 Å². The summed E-state index contributed by atoms with van der Waals surface area (Å²) in [6.07, 6.45) is 0. The molecule has 7 nitrogen and oxygen atoms in total. The van der Waals surface area contributed by atoms with Gasteiger partial charge in [-0.3, -0.25) is 0 Å². The highest BCUT2D eigenvalue weighted by atomic mass is 32.2. The Kier molecular flexibility index (Phi) is 4.40. The molecule has 0 saturated carbocycles. The fourth-order valence-corrected chi connectivity index (χ4v) is 2.76. The normalized spacial score (nSPS) is 11.9. The maximum atomic E-state index is 5.31. The standard InChI is InChI=1S/C16H20N6OS/c1-10-6-7-12(8-11(10)2)22-15(18-20-21-22)24-9-13-17-14(19-23-13)16(3,4)5/h6-8H,9H2,1-5H3. The molecule has 0 aliphatic heterocycles. The van der Waals surface area contributed by atoms with Crippen molar-refractivity contribution in [3.05, 3.63) is 41.0 Å². The van der Waals surface area contributed by atoms with Crippen molar-refractivity contribution < 1.29 is 4.52 Å². The average molecular weight is 344 g/mol. The van der Waals surface area contributed by atoms with Crippen LogP contribution < -0.4 is 0 Å². The molecule has 0 bridgehead atoms. The monoisotopic (exact) mass is 344 g/mol. The summed E-state index contributed by atoms with van der Waals surface area (Å²) < 4.78 is 7.03. The van der Waals surface area contributed by atoms with Crippen LogP contribution in [-0.2, 0) is 11.2 Å². The van der Waals surface area contributed by atoms with Gasteiger partial charge in [-0.2, -0.15) is 9.67 Å². The number of rotatable bonds is 4. The molecule has 0 aliphatic rings. The first-order chi connectivity index (χ1) is 11.3. The van der Waals surface area contributed by atoms with Crippen LogP contribution in [0.15, 0.2) is 27.9 Å². The summed E-state index contributed by atoms with van der Waals surface area (Å²) in [5.74, 6) is 1.79. The SMILES string of the molecule is Cc1ccc(-n2nnnc2SCc2nc(C(C)(C)C)no2)cc1C. The Hall–Kier alpha value is -2.22. The predicted molar refractivity (Wildman–Crippen MR) is 91.2 cm³/mol. The second-order valence-corrected chi connectivity index (χ2v) is 7.63. The third-order valence-corrected chi connectivity index (χ3v) is 4.54. The van der Waals surface area contributed by atoms with Crippen molar-refractivity contribution in [2.45, 2.75) is 50.9 Å². The van der Waals surface area contributed by atoms with Crippen molar-refractivity contribution in [1.29, 1.82) is 0 Å². The molecule has 0 saturated heterocycles. The fraction of sp³-hybridized carbons (Fsp3) is 0.438. The molecule has 8 heteroatoms. The quantitative estimate of drug-likeness (QED) is 0.672. The molecule has 0 fully saturated rings. The predicted octanol–water partition coefficient (Wildman–Crippen LogP) is 3.25. The number of aryl methyl sites for hydroxylation is 2. The van der Waals surface area contributed by atoms with Gasteiger partial charge in [-0.15, -0.1) is 5.10 Å². The number of nitrogens with zero attached hydrogens (tertiary/aromatic N) is 6. The Bertz CT molecular complexity index is 848.